The fraction of sp³-hybridized carbons (Fsp3) is 0.360. The van der Waals surface area contributed by atoms with E-state index >= 15 is 0 Å². The molecule has 1 N–H and O–H groups in total. The van der Waals surface area contributed by atoms with Crippen molar-refractivity contribution in [3.63, 3.8) is 0 Å². The molecule has 2 atom stereocenters. The maximum atomic E-state index is 13.1. The van der Waals surface area contributed by atoms with Crippen molar-refractivity contribution in [1.82, 2.24) is 4.90 Å². The first-order chi connectivity index (χ1) is 14.9. The van der Waals surface area contributed by atoms with Gasteiger partial charge in [-0.05, 0) is 54.2 Å². The Hall–Kier alpha value is -2.63. The van der Waals surface area contributed by atoms with Gasteiger partial charge in [0, 0.05) is 23.7 Å². The molecule has 2 aromatic carbocycles. The molecule has 0 spiro atoms. The van der Waals surface area contributed by atoms with Crippen LogP contribution in [0.5, 0.6) is 0 Å². The number of Topliss-reactive ketones (excluding diaryl/α,β-unsaturated/α-hetero) is 1. The number of rotatable bonds is 5. The van der Waals surface area contributed by atoms with Gasteiger partial charge in [-0.2, -0.15) is 0 Å². The van der Waals surface area contributed by atoms with E-state index in [2.05, 4.69) is 13.8 Å². The number of amides is 1. The van der Waals surface area contributed by atoms with E-state index in [1.807, 2.05) is 24.3 Å². The molecule has 31 heavy (non-hydrogen) atoms. The van der Waals surface area contributed by atoms with E-state index < -0.39 is 17.7 Å². The van der Waals surface area contributed by atoms with Gasteiger partial charge in [0.15, 0.2) is 0 Å². The molecule has 0 aliphatic carbocycles. The van der Waals surface area contributed by atoms with Crippen molar-refractivity contribution in [2.45, 2.75) is 44.8 Å². The Morgan fingerprint density at radius 2 is 1.81 bits per heavy atom. The van der Waals surface area contributed by atoms with Gasteiger partial charge in [-0.1, -0.05) is 49.7 Å². The minimum absolute atomic E-state index is 0.0996. The van der Waals surface area contributed by atoms with Gasteiger partial charge in [0.2, 0.25) is 0 Å². The summed E-state index contributed by atoms with van der Waals surface area (Å²) in [5.74, 6) is -1.11. The van der Waals surface area contributed by atoms with Crippen LogP contribution in [0.15, 0.2) is 54.1 Å². The second kappa shape index (κ2) is 8.85. The highest BCUT2D eigenvalue weighted by atomic mass is 35.5. The summed E-state index contributed by atoms with van der Waals surface area (Å²) in [6, 6.07) is 13.8. The summed E-state index contributed by atoms with van der Waals surface area (Å²) in [6.07, 6.45) is 1.68. The molecular formula is C25H26ClNO4. The zero-order valence-corrected chi connectivity index (χ0v) is 18.4. The summed E-state index contributed by atoms with van der Waals surface area (Å²) in [7, 11) is 0. The number of hydrogen-bond acceptors (Lipinski definition) is 4. The van der Waals surface area contributed by atoms with E-state index in [0.717, 1.165) is 24.0 Å². The second-order valence-electron chi connectivity index (χ2n) is 8.41. The number of likely N-dealkylation sites (tertiary alicyclic amines) is 1. The van der Waals surface area contributed by atoms with Gasteiger partial charge in [-0.3, -0.25) is 9.59 Å². The number of benzene rings is 2. The van der Waals surface area contributed by atoms with Crippen molar-refractivity contribution in [3.05, 3.63) is 75.8 Å². The SMILES string of the molecule is CC(C)c1ccc([C@@H]2/C(=C(\O)c3ccc(Cl)cc3)C(=O)C(=O)N2C[C@@H]2CCCO2)cc1. The van der Waals surface area contributed by atoms with Gasteiger partial charge in [-0.15, -0.1) is 0 Å². The Labute approximate surface area is 187 Å². The highest BCUT2D eigenvalue weighted by Crippen LogP contribution is 2.40. The fourth-order valence-electron chi connectivity index (χ4n) is 4.25. The standard InChI is InChI=1S/C25H26ClNO4/c1-15(2)16-5-7-17(8-6-16)22-21(23(28)18-9-11-19(26)12-10-18)24(29)25(30)27(22)14-20-4-3-13-31-20/h5-12,15,20,22,28H,3-4,13-14H2,1-2H3/b23-21+/t20-,22+/m0/s1. The van der Waals surface area contributed by atoms with Gasteiger partial charge in [0.05, 0.1) is 17.7 Å². The summed E-state index contributed by atoms with van der Waals surface area (Å²) in [6.45, 7) is 5.20. The van der Waals surface area contributed by atoms with Gasteiger partial charge in [0.1, 0.15) is 5.76 Å². The number of carbonyl (C=O) groups is 2. The van der Waals surface area contributed by atoms with Crippen molar-refractivity contribution in [3.8, 4) is 0 Å². The van der Waals surface area contributed by atoms with Crippen LogP contribution in [-0.4, -0.2) is 41.0 Å². The Morgan fingerprint density at radius 3 is 2.39 bits per heavy atom. The van der Waals surface area contributed by atoms with Crippen LogP contribution >= 0.6 is 11.6 Å². The Bertz CT molecular complexity index is 1000. The number of ketones is 1. The molecule has 1 amide bonds. The number of hydrogen-bond donors (Lipinski definition) is 1. The lowest BCUT2D eigenvalue weighted by atomic mass is 9.93. The third-order valence-corrected chi connectivity index (χ3v) is 6.25. The molecular weight excluding hydrogens is 414 g/mol. The van der Waals surface area contributed by atoms with E-state index in [4.69, 9.17) is 16.3 Å². The molecule has 2 aliphatic heterocycles. The minimum atomic E-state index is -0.677. The molecule has 6 heteroatoms. The first-order valence-corrected chi connectivity index (χ1v) is 11.0. The summed E-state index contributed by atoms with van der Waals surface area (Å²) in [4.78, 5) is 27.6. The molecule has 162 valence electrons. The van der Waals surface area contributed by atoms with Crippen LogP contribution in [0.25, 0.3) is 5.76 Å². The number of aliphatic hydroxyl groups excluding tert-OH is 1. The number of carbonyl (C=O) groups excluding carboxylic acids is 2. The molecule has 2 aliphatic rings. The van der Waals surface area contributed by atoms with Crippen LogP contribution in [0.1, 0.15) is 55.3 Å². The zero-order valence-electron chi connectivity index (χ0n) is 17.7. The Morgan fingerprint density at radius 1 is 1.13 bits per heavy atom. The van der Waals surface area contributed by atoms with E-state index in [9.17, 15) is 14.7 Å². The third kappa shape index (κ3) is 4.25. The van der Waals surface area contributed by atoms with Crippen molar-refractivity contribution < 1.29 is 19.4 Å². The van der Waals surface area contributed by atoms with E-state index in [1.54, 1.807) is 29.2 Å². The summed E-state index contributed by atoms with van der Waals surface area (Å²) >= 11 is 5.97. The maximum Gasteiger partial charge on any atom is 0.295 e. The van der Waals surface area contributed by atoms with Gasteiger partial charge < -0.3 is 14.7 Å². The first-order valence-electron chi connectivity index (χ1n) is 10.6. The summed E-state index contributed by atoms with van der Waals surface area (Å²) in [5.41, 5.74) is 2.50. The predicted octanol–water partition coefficient (Wildman–Crippen LogP) is 5.06. The highest BCUT2D eigenvalue weighted by Gasteiger charge is 2.47. The van der Waals surface area contributed by atoms with Gasteiger partial charge in [-0.25, -0.2) is 0 Å². The van der Waals surface area contributed by atoms with E-state index in [0.29, 0.717) is 29.7 Å². The van der Waals surface area contributed by atoms with Gasteiger partial charge in [0.25, 0.3) is 11.7 Å². The van der Waals surface area contributed by atoms with Crippen molar-refractivity contribution in [2.24, 2.45) is 0 Å². The van der Waals surface area contributed by atoms with Crippen LogP contribution < -0.4 is 0 Å². The molecule has 2 heterocycles. The first kappa shape index (κ1) is 21.6. The number of aliphatic hydroxyl groups is 1. The maximum absolute atomic E-state index is 13.1. The van der Waals surface area contributed by atoms with Crippen LogP contribution in [0.3, 0.4) is 0 Å². The lowest BCUT2D eigenvalue weighted by molar-refractivity contribution is -0.140. The van der Waals surface area contributed by atoms with Crippen LogP contribution in [0.4, 0.5) is 0 Å². The molecule has 2 fully saturated rings. The normalized spacial score (nSPS) is 23.2. The minimum Gasteiger partial charge on any atom is -0.507 e. The fourth-order valence-corrected chi connectivity index (χ4v) is 4.38. The van der Waals surface area contributed by atoms with Crippen LogP contribution in [0.2, 0.25) is 5.02 Å². The third-order valence-electron chi connectivity index (χ3n) is 6.00. The molecule has 4 rings (SSSR count). The van der Waals surface area contributed by atoms with Gasteiger partial charge >= 0.3 is 0 Å². The molecule has 5 nitrogen and oxygen atoms in total. The van der Waals surface area contributed by atoms with Crippen molar-refractivity contribution >= 4 is 29.1 Å². The average Bonchev–Trinajstić information content (AvgIpc) is 3.36. The average molecular weight is 440 g/mol. The van der Waals surface area contributed by atoms with Crippen LogP contribution in [-0.2, 0) is 14.3 Å². The van der Waals surface area contributed by atoms with Crippen molar-refractivity contribution in [1.29, 1.82) is 0 Å². The van der Waals surface area contributed by atoms with E-state index in [-0.39, 0.29) is 17.4 Å². The monoisotopic (exact) mass is 439 g/mol. The summed E-state index contributed by atoms with van der Waals surface area (Å²) < 4.78 is 5.73. The second-order valence-corrected chi connectivity index (χ2v) is 8.85. The molecule has 0 unspecified atom stereocenters. The number of nitrogens with zero attached hydrogens (tertiary/aromatic N) is 1. The smallest absolute Gasteiger partial charge is 0.295 e. The zero-order chi connectivity index (χ0) is 22.1. The Kier molecular flexibility index (Phi) is 6.17. The lowest BCUT2D eigenvalue weighted by Crippen LogP contribution is -2.36. The molecule has 0 radical (unpaired) electrons. The largest absolute Gasteiger partial charge is 0.507 e. The quantitative estimate of drug-likeness (QED) is 0.401. The molecule has 0 saturated carbocycles. The van der Waals surface area contributed by atoms with Crippen molar-refractivity contribution in [2.75, 3.05) is 13.2 Å². The lowest BCUT2D eigenvalue weighted by Gasteiger charge is -2.27. The summed E-state index contributed by atoms with van der Waals surface area (Å²) in [5, 5.41) is 11.6. The predicted molar refractivity (Wildman–Crippen MR) is 120 cm³/mol. The molecule has 0 bridgehead atoms. The number of ether oxygens (including phenoxy) is 1. The molecule has 2 aromatic rings. The highest BCUT2D eigenvalue weighted by molar-refractivity contribution is 6.46. The number of halogens is 1. The van der Waals surface area contributed by atoms with Crippen LogP contribution in [0, 0.1) is 0 Å². The molecule has 2 saturated heterocycles. The topological polar surface area (TPSA) is 66.8 Å². The van der Waals surface area contributed by atoms with E-state index in [1.165, 1.54) is 0 Å². The molecule has 0 aromatic heterocycles. The Balaban J connectivity index is 1.80.